The molecule has 1 aromatic rings. The molecule has 0 bridgehead atoms. The molecule has 2 aliphatic rings. The lowest BCUT2D eigenvalue weighted by Gasteiger charge is -2.20. The van der Waals surface area contributed by atoms with Gasteiger partial charge in [0.25, 0.3) is 5.91 Å². The van der Waals surface area contributed by atoms with E-state index in [1.807, 2.05) is 31.2 Å². The van der Waals surface area contributed by atoms with Gasteiger partial charge >= 0.3 is 0 Å². The SMILES string of the molecule is CCNC(=NCCc1ccc(OCC(=O)NC2CC2)cc1)N1CC[C@@H](O)C1.I. The van der Waals surface area contributed by atoms with Gasteiger partial charge in [-0.25, -0.2) is 0 Å². The van der Waals surface area contributed by atoms with E-state index in [2.05, 4.69) is 20.5 Å². The van der Waals surface area contributed by atoms with Gasteiger partial charge in [-0.1, -0.05) is 12.1 Å². The third-order valence-corrected chi connectivity index (χ3v) is 4.70. The van der Waals surface area contributed by atoms with Crippen molar-refractivity contribution in [1.29, 1.82) is 0 Å². The molecule has 3 rings (SSSR count). The lowest BCUT2D eigenvalue weighted by atomic mass is 10.1. The van der Waals surface area contributed by atoms with Gasteiger partial charge in [0, 0.05) is 32.2 Å². The van der Waals surface area contributed by atoms with Crippen LogP contribution in [0.2, 0.25) is 0 Å². The Morgan fingerprint density at radius 3 is 2.64 bits per heavy atom. The first kappa shape index (κ1) is 22.7. The fourth-order valence-corrected chi connectivity index (χ4v) is 3.05. The second-order valence-corrected chi connectivity index (χ2v) is 7.15. The summed E-state index contributed by atoms with van der Waals surface area (Å²) in [6.07, 6.45) is 3.53. The van der Waals surface area contributed by atoms with Gasteiger partial charge in [0.05, 0.1) is 6.10 Å². The summed E-state index contributed by atoms with van der Waals surface area (Å²) in [7, 11) is 0. The van der Waals surface area contributed by atoms with Crippen molar-refractivity contribution < 1.29 is 14.6 Å². The van der Waals surface area contributed by atoms with E-state index in [0.717, 1.165) is 44.7 Å². The molecule has 0 radical (unpaired) electrons. The number of halogens is 1. The number of hydrogen-bond donors (Lipinski definition) is 3. The van der Waals surface area contributed by atoms with Crippen LogP contribution < -0.4 is 15.4 Å². The molecule has 0 spiro atoms. The molecule has 1 heterocycles. The number of nitrogens with one attached hydrogen (secondary N) is 2. The second-order valence-electron chi connectivity index (χ2n) is 7.15. The van der Waals surface area contributed by atoms with Crippen molar-refractivity contribution in [2.24, 2.45) is 4.99 Å². The Kier molecular flexibility index (Phi) is 9.30. The minimum Gasteiger partial charge on any atom is -0.484 e. The van der Waals surface area contributed by atoms with Crippen molar-refractivity contribution >= 4 is 35.8 Å². The number of guanidine groups is 1. The lowest BCUT2D eigenvalue weighted by Crippen LogP contribution is -2.40. The molecule has 1 amide bonds. The molecule has 8 heteroatoms. The number of carbonyl (C=O) groups excluding carboxylic acids is 1. The molecule has 1 aliphatic carbocycles. The number of likely N-dealkylation sites (tertiary alicyclic amines) is 1. The minimum atomic E-state index is -0.257. The smallest absolute Gasteiger partial charge is 0.258 e. The van der Waals surface area contributed by atoms with Crippen molar-refractivity contribution in [1.82, 2.24) is 15.5 Å². The number of nitrogens with zero attached hydrogens (tertiary/aromatic N) is 2. The molecule has 1 aliphatic heterocycles. The molecule has 2 fully saturated rings. The molecule has 28 heavy (non-hydrogen) atoms. The van der Waals surface area contributed by atoms with Crippen LogP contribution in [0.1, 0.15) is 31.7 Å². The normalized spacial score (nSPS) is 19.1. The van der Waals surface area contributed by atoms with Crippen LogP contribution in [0.3, 0.4) is 0 Å². The second kappa shape index (κ2) is 11.5. The number of aliphatic imine (C=N–C) groups is 1. The Balaban J connectivity index is 0.00000280. The maximum atomic E-state index is 11.6. The van der Waals surface area contributed by atoms with E-state index in [1.165, 1.54) is 5.56 Å². The molecular weight excluding hydrogens is 471 g/mol. The minimum absolute atomic E-state index is 0. The third-order valence-electron chi connectivity index (χ3n) is 4.70. The molecule has 3 N–H and O–H groups in total. The molecule has 1 atom stereocenters. The van der Waals surface area contributed by atoms with Gasteiger partial charge in [0.15, 0.2) is 12.6 Å². The van der Waals surface area contributed by atoms with Crippen LogP contribution in [0, 0.1) is 0 Å². The van der Waals surface area contributed by atoms with E-state index in [0.29, 0.717) is 24.9 Å². The van der Waals surface area contributed by atoms with Gasteiger partial charge in [0.1, 0.15) is 5.75 Å². The summed E-state index contributed by atoms with van der Waals surface area (Å²) in [6.45, 7) is 5.09. The molecule has 156 valence electrons. The molecule has 7 nitrogen and oxygen atoms in total. The van der Waals surface area contributed by atoms with Gasteiger partial charge in [-0.3, -0.25) is 9.79 Å². The highest BCUT2D eigenvalue weighted by Crippen LogP contribution is 2.18. The summed E-state index contributed by atoms with van der Waals surface area (Å²) >= 11 is 0. The fourth-order valence-electron chi connectivity index (χ4n) is 3.05. The topological polar surface area (TPSA) is 86.2 Å². The Bertz CT molecular complexity index is 649. The van der Waals surface area contributed by atoms with Crippen LogP contribution in [-0.2, 0) is 11.2 Å². The Morgan fingerprint density at radius 2 is 2.04 bits per heavy atom. The number of rotatable bonds is 8. The summed E-state index contributed by atoms with van der Waals surface area (Å²) in [5.74, 6) is 1.52. The van der Waals surface area contributed by atoms with Gasteiger partial charge in [-0.2, -0.15) is 0 Å². The summed E-state index contributed by atoms with van der Waals surface area (Å²) in [4.78, 5) is 18.4. The van der Waals surface area contributed by atoms with E-state index < -0.39 is 0 Å². The highest BCUT2D eigenvalue weighted by Gasteiger charge is 2.23. The largest absolute Gasteiger partial charge is 0.484 e. The number of amides is 1. The quantitative estimate of drug-likeness (QED) is 0.285. The van der Waals surface area contributed by atoms with Crippen molar-refractivity contribution in [3.8, 4) is 5.75 Å². The Labute approximate surface area is 183 Å². The number of ether oxygens (including phenoxy) is 1. The van der Waals surface area contributed by atoms with Crippen LogP contribution in [0.25, 0.3) is 0 Å². The molecular formula is C20H31IN4O3. The van der Waals surface area contributed by atoms with Crippen LogP contribution in [0.4, 0.5) is 0 Å². The molecule has 1 aromatic carbocycles. The number of hydrogen-bond acceptors (Lipinski definition) is 4. The van der Waals surface area contributed by atoms with Crippen LogP contribution in [0.5, 0.6) is 5.75 Å². The van der Waals surface area contributed by atoms with Gasteiger partial charge in [-0.15, -0.1) is 24.0 Å². The number of carbonyl (C=O) groups is 1. The van der Waals surface area contributed by atoms with E-state index in [9.17, 15) is 9.90 Å². The van der Waals surface area contributed by atoms with Crippen molar-refractivity contribution in [3.05, 3.63) is 29.8 Å². The average Bonchev–Trinajstić information content (AvgIpc) is 3.37. The van der Waals surface area contributed by atoms with E-state index >= 15 is 0 Å². The van der Waals surface area contributed by atoms with Crippen LogP contribution in [-0.4, -0.2) is 66.8 Å². The summed E-state index contributed by atoms with van der Waals surface area (Å²) in [5, 5.41) is 15.9. The zero-order chi connectivity index (χ0) is 19.1. The number of aliphatic hydroxyl groups excluding tert-OH is 1. The molecule has 0 aromatic heterocycles. The monoisotopic (exact) mass is 502 g/mol. The predicted octanol–water partition coefficient (Wildman–Crippen LogP) is 1.54. The van der Waals surface area contributed by atoms with Gasteiger partial charge in [0.2, 0.25) is 0 Å². The van der Waals surface area contributed by atoms with Crippen LogP contribution >= 0.6 is 24.0 Å². The zero-order valence-corrected chi connectivity index (χ0v) is 18.7. The summed E-state index contributed by atoms with van der Waals surface area (Å²) < 4.78 is 5.52. The average molecular weight is 502 g/mol. The number of β-amino-alcohol motifs (C(OH)–C–C–N with tert-alkyl or cyclic N) is 1. The molecule has 1 saturated heterocycles. The Morgan fingerprint density at radius 1 is 1.29 bits per heavy atom. The van der Waals surface area contributed by atoms with Crippen molar-refractivity contribution in [2.75, 3.05) is 32.8 Å². The Hall–Kier alpha value is -1.55. The molecule has 0 unspecified atom stereocenters. The zero-order valence-electron chi connectivity index (χ0n) is 16.4. The number of aliphatic hydroxyl groups is 1. The third kappa shape index (κ3) is 7.46. The fraction of sp³-hybridized carbons (Fsp3) is 0.600. The maximum absolute atomic E-state index is 11.6. The van der Waals surface area contributed by atoms with E-state index in [1.54, 1.807) is 0 Å². The van der Waals surface area contributed by atoms with Crippen molar-refractivity contribution in [3.63, 3.8) is 0 Å². The van der Waals surface area contributed by atoms with Crippen molar-refractivity contribution in [2.45, 2.75) is 44.8 Å². The van der Waals surface area contributed by atoms with E-state index in [-0.39, 0.29) is 42.6 Å². The van der Waals surface area contributed by atoms with Gasteiger partial charge < -0.3 is 25.4 Å². The maximum Gasteiger partial charge on any atom is 0.258 e. The van der Waals surface area contributed by atoms with Crippen LogP contribution in [0.15, 0.2) is 29.3 Å². The van der Waals surface area contributed by atoms with E-state index in [4.69, 9.17) is 4.74 Å². The summed E-state index contributed by atoms with van der Waals surface area (Å²) in [5.41, 5.74) is 1.17. The first-order valence-corrected chi connectivity index (χ1v) is 9.86. The number of benzene rings is 1. The first-order chi connectivity index (χ1) is 13.1. The lowest BCUT2D eigenvalue weighted by molar-refractivity contribution is -0.123. The highest BCUT2D eigenvalue weighted by atomic mass is 127. The highest BCUT2D eigenvalue weighted by molar-refractivity contribution is 14.0. The first-order valence-electron chi connectivity index (χ1n) is 9.86. The summed E-state index contributed by atoms with van der Waals surface area (Å²) in [6, 6.07) is 8.17. The standard InChI is InChI=1S/C20H30N4O3.HI/c1-2-21-20(24-12-10-17(25)13-24)22-11-9-15-3-7-18(8-4-15)27-14-19(26)23-16-5-6-16;/h3-4,7-8,16-17,25H,2,5-6,9-14H2,1H3,(H,21,22)(H,23,26);1H/t17-;/m1./s1. The molecule has 1 saturated carbocycles. The predicted molar refractivity (Wildman–Crippen MR) is 120 cm³/mol. The van der Waals surface area contributed by atoms with Gasteiger partial charge in [-0.05, 0) is 50.3 Å².